The number of aromatic carboxylic acids is 1. The van der Waals surface area contributed by atoms with E-state index < -0.39 is 5.97 Å². The molecule has 5 rings (SSSR count). The van der Waals surface area contributed by atoms with Crippen LogP contribution in [0.2, 0.25) is 0 Å². The van der Waals surface area contributed by atoms with Crippen molar-refractivity contribution in [2.24, 2.45) is 5.92 Å². The van der Waals surface area contributed by atoms with Crippen LogP contribution in [0.15, 0.2) is 66.7 Å². The third-order valence-corrected chi connectivity index (χ3v) is 6.91. The molecule has 1 heterocycles. The number of rotatable bonds is 8. The van der Waals surface area contributed by atoms with E-state index in [1.807, 2.05) is 59.2 Å². The zero-order valence-electron chi connectivity index (χ0n) is 21.4. The van der Waals surface area contributed by atoms with Crippen molar-refractivity contribution in [2.45, 2.75) is 45.6 Å². The lowest BCUT2D eigenvalue weighted by atomic mass is 9.86. The average molecular weight is 484 g/mol. The lowest BCUT2D eigenvalue weighted by molar-refractivity contribution is 0.0687. The van der Waals surface area contributed by atoms with Crippen LogP contribution in [0, 0.1) is 5.92 Å². The van der Waals surface area contributed by atoms with Crippen LogP contribution in [0.5, 0.6) is 11.5 Å². The Hall–Kier alpha value is -3.73. The molecule has 5 heteroatoms. The van der Waals surface area contributed by atoms with E-state index in [-0.39, 0.29) is 11.1 Å². The number of para-hydroxylation sites is 1. The molecule has 0 unspecified atom stereocenters. The van der Waals surface area contributed by atoms with Crippen LogP contribution in [-0.4, -0.2) is 29.4 Å². The van der Waals surface area contributed by atoms with Gasteiger partial charge in [0.05, 0.1) is 13.7 Å². The summed E-state index contributed by atoms with van der Waals surface area (Å²) in [4.78, 5) is 12.7. The third kappa shape index (κ3) is 4.83. The molecule has 3 aromatic carbocycles. The quantitative estimate of drug-likeness (QED) is 0.289. The van der Waals surface area contributed by atoms with Crippen LogP contribution in [0.4, 0.5) is 0 Å². The number of ether oxygens (including phenoxy) is 2. The molecule has 1 saturated carbocycles. The number of benzene rings is 3. The molecular weight excluding hydrogens is 450 g/mol. The van der Waals surface area contributed by atoms with Crippen molar-refractivity contribution in [2.75, 3.05) is 13.7 Å². The lowest BCUT2D eigenvalue weighted by Gasteiger charge is -2.19. The van der Waals surface area contributed by atoms with Crippen molar-refractivity contribution >= 4 is 16.9 Å². The van der Waals surface area contributed by atoms with Gasteiger partial charge in [-0.3, -0.25) is 0 Å². The number of carboxylic acids is 1. The molecule has 4 aromatic rings. The standard InChI is InChI=1S/C31H33NO4/c1-31(2,3)23-13-11-22(12-14-23)28-26-7-5-6-8-27(26)32(29(28)30(33)34)18-21-15-24(35-4)17-25(16-21)36-19-20-9-10-20/h5-8,11-17,20H,9-10,18-19H2,1-4H3,(H,33,34). The van der Waals surface area contributed by atoms with Gasteiger partial charge >= 0.3 is 5.97 Å². The van der Waals surface area contributed by atoms with Gasteiger partial charge in [-0.05, 0) is 59.1 Å². The van der Waals surface area contributed by atoms with Gasteiger partial charge in [0.15, 0.2) is 0 Å². The molecule has 0 aliphatic heterocycles. The smallest absolute Gasteiger partial charge is 0.353 e. The number of aromatic nitrogens is 1. The minimum absolute atomic E-state index is 0.0216. The van der Waals surface area contributed by atoms with Gasteiger partial charge in [-0.25, -0.2) is 4.79 Å². The Kier molecular flexibility index (Phi) is 6.25. The molecule has 1 N–H and O–H groups in total. The van der Waals surface area contributed by atoms with Gasteiger partial charge in [0.2, 0.25) is 0 Å². The maximum Gasteiger partial charge on any atom is 0.353 e. The van der Waals surface area contributed by atoms with Crippen LogP contribution in [0.25, 0.3) is 22.0 Å². The number of methoxy groups -OCH3 is 1. The van der Waals surface area contributed by atoms with Crippen molar-refractivity contribution in [1.29, 1.82) is 0 Å². The Morgan fingerprint density at radius 3 is 2.33 bits per heavy atom. The van der Waals surface area contributed by atoms with Crippen molar-refractivity contribution in [3.05, 3.63) is 83.6 Å². The number of hydrogen-bond donors (Lipinski definition) is 1. The summed E-state index contributed by atoms with van der Waals surface area (Å²) in [7, 11) is 1.64. The molecule has 0 amide bonds. The molecule has 1 aromatic heterocycles. The van der Waals surface area contributed by atoms with E-state index in [1.165, 1.54) is 18.4 Å². The zero-order valence-corrected chi connectivity index (χ0v) is 21.4. The molecule has 0 saturated heterocycles. The van der Waals surface area contributed by atoms with E-state index >= 15 is 0 Å². The topological polar surface area (TPSA) is 60.7 Å². The minimum atomic E-state index is -0.950. The fourth-order valence-corrected chi connectivity index (χ4v) is 4.72. The molecule has 36 heavy (non-hydrogen) atoms. The lowest BCUT2D eigenvalue weighted by Crippen LogP contribution is -2.12. The molecule has 5 nitrogen and oxygen atoms in total. The predicted molar refractivity (Wildman–Crippen MR) is 143 cm³/mol. The van der Waals surface area contributed by atoms with Crippen LogP contribution >= 0.6 is 0 Å². The van der Waals surface area contributed by atoms with E-state index in [0.717, 1.165) is 33.3 Å². The zero-order chi connectivity index (χ0) is 25.4. The SMILES string of the molecule is COc1cc(Cn2c(C(=O)O)c(-c3ccc(C(C)(C)C)cc3)c3ccccc32)cc(OCC2CC2)c1. The molecule has 1 aliphatic rings. The van der Waals surface area contributed by atoms with Gasteiger partial charge in [-0.2, -0.15) is 0 Å². The maximum absolute atomic E-state index is 12.7. The summed E-state index contributed by atoms with van der Waals surface area (Å²) in [6, 6.07) is 22.0. The predicted octanol–water partition coefficient (Wildman–Crippen LogP) is 7.15. The molecular formula is C31H33NO4. The maximum atomic E-state index is 12.7. The van der Waals surface area contributed by atoms with Crippen LogP contribution in [0.1, 0.15) is 55.2 Å². The fraction of sp³-hybridized carbons (Fsp3) is 0.323. The van der Waals surface area contributed by atoms with Crippen LogP contribution in [0.3, 0.4) is 0 Å². The molecule has 0 atom stereocenters. The van der Waals surface area contributed by atoms with E-state index in [4.69, 9.17) is 9.47 Å². The normalized spacial score (nSPS) is 13.7. The van der Waals surface area contributed by atoms with Crippen molar-refractivity contribution in [3.8, 4) is 22.6 Å². The Labute approximate surface area is 212 Å². The summed E-state index contributed by atoms with van der Waals surface area (Å²) < 4.78 is 13.4. The van der Waals surface area contributed by atoms with Crippen molar-refractivity contribution in [1.82, 2.24) is 4.57 Å². The number of hydrogen-bond acceptors (Lipinski definition) is 3. The summed E-state index contributed by atoms with van der Waals surface area (Å²) in [6.07, 6.45) is 2.43. The highest BCUT2D eigenvalue weighted by Gasteiger charge is 2.25. The first-order valence-electron chi connectivity index (χ1n) is 12.5. The van der Waals surface area contributed by atoms with Gasteiger partial charge < -0.3 is 19.1 Å². The van der Waals surface area contributed by atoms with Crippen molar-refractivity contribution in [3.63, 3.8) is 0 Å². The van der Waals surface area contributed by atoms with E-state index in [2.05, 4.69) is 32.9 Å². The highest BCUT2D eigenvalue weighted by atomic mass is 16.5. The first-order chi connectivity index (χ1) is 17.2. The molecule has 0 radical (unpaired) electrons. The Morgan fingerprint density at radius 1 is 1.00 bits per heavy atom. The second kappa shape index (κ2) is 9.38. The first kappa shape index (κ1) is 24.0. The number of fused-ring (bicyclic) bond motifs is 1. The molecule has 0 spiro atoms. The summed E-state index contributed by atoms with van der Waals surface area (Å²) in [5.41, 5.74) is 4.96. The second-order valence-electron chi connectivity index (χ2n) is 10.7. The second-order valence-corrected chi connectivity index (χ2v) is 10.7. The first-order valence-corrected chi connectivity index (χ1v) is 12.5. The van der Waals surface area contributed by atoms with E-state index in [1.54, 1.807) is 7.11 Å². The van der Waals surface area contributed by atoms with Gasteiger partial charge in [0, 0.05) is 29.1 Å². The summed E-state index contributed by atoms with van der Waals surface area (Å²) in [5, 5.41) is 11.3. The molecule has 0 bridgehead atoms. The third-order valence-electron chi connectivity index (χ3n) is 6.91. The number of carboxylic acid groups (broad SMARTS) is 1. The van der Waals surface area contributed by atoms with Gasteiger partial charge in [0.25, 0.3) is 0 Å². The molecule has 1 aliphatic carbocycles. The minimum Gasteiger partial charge on any atom is -0.497 e. The molecule has 186 valence electrons. The highest BCUT2D eigenvalue weighted by molar-refractivity contribution is 6.08. The van der Waals surface area contributed by atoms with Crippen LogP contribution < -0.4 is 9.47 Å². The van der Waals surface area contributed by atoms with Crippen molar-refractivity contribution < 1.29 is 19.4 Å². The van der Waals surface area contributed by atoms with E-state index in [0.29, 0.717) is 24.8 Å². The number of nitrogens with zero attached hydrogens (tertiary/aromatic N) is 1. The highest BCUT2D eigenvalue weighted by Crippen LogP contribution is 2.37. The largest absolute Gasteiger partial charge is 0.497 e. The summed E-state index contributed by atoms with van der Waals surface area (Å²) >= 11 is 0. The average Bonchev–Trinajstić information content (AvgIpc) is 3.63. The fourth-order valence-electron chi connectivity index (χ4n) is 4.72. The number of carbonyl (C=O) groups is 1. The van der Waals surface area contributed by atoms with Crippen LogP contribution in [-0.2, 0) is 12.0 Å². The molecule has 1 fully saturated rings. The van der Waals surface area contributed by atoms with Gasteiger partial charge in [-0.1, -0.05) is 63.2 Å². The Morgan fingerprint density at radius 2 is 1.69 bits per heavy atom. The monoisotopic (exact) mass is 483 g/mol. The van der Waals surface area contributed by atoms with Gasteiger partial charge in [-0.15, -0.1) is 0 Å². The Bertz CT molecular complexity index is 1410. The van der Waals surface area contributed by atoms with Gasteiger partial charge in [0.1, 0.15) is 17.2 Å². The van der Waals surface area contributed by atoms with E-state index in [9.17, 15) is 9.90 Å². The summed E-state index contributed by atoms with van der Waals surface area (Å²) in [6.45, 7) is 7.61. The Balaban J connectivity index is 1.61. The summed E-state index contributed by atoms with van der Waals surface area (Å²) in [5.74, 6) is 1.14.